The van der Waals surface area contributed by atoms with Gasteiger partial charge in [-0.15, -0.1) is 6.58 Å². The number of pyridine rings is 1. The second-order valence-electron chi connectivity index (χ2n) is 5.32. The number of rotatable bonds is 3. The SMILES string of the molecule is C=CCN1C(=O)COc2ccc(-c3ncc(C(F)(F)F)cc3Cl)cc21. The summed E-state index contributed by atoms with van der Waals surface area (Å²) in [5.74, 6) is 0.254. The molecule has 8 heteroatoms. The number of aromatic nitrogens is 1. The molecule has 25 heavy (non-hydrogen) atoms. The smallest absolute Gasteiger partial charge is 0.417 e. The minimum atomic E-state index is -4.52. The van der Waals surface area contributed by atoms with Gasteiger partial charge in [0.05, 0.1) is 22.0 Å². The van der Waals surface area contributed by atoms with Gasteiger partial charge in [-0.25, -0.2) is 0 Å². The summed E-state index contributed by atoms with van der Waals surface area (Å²) in [4.78, 5) is 17.3. The molecule has 0 bridgehead atoms. The van der Waals surface area contributed by atoms with Crippen LogP contribution in [0.5, 0.6) is 5.75 Å². The van der Waals surface area contributed by atoms with Crippen LogP contribution in [-0.2, 0) is 11.0 Å². The Bertz CT molecular complexity index is 852. The predicted molar refractivity (Wildman–Crippen MR) is 87.7 cm³/mol. The Morgan fingerprint density at radius 1 is 1.36 bits per heavy atom. The Balaban J connectivity index is 2.05. The molecule has 2 aromatic rings. The fourth-order valence-electron chi connectivity index (χ4n) is 2.48. The third-order valence-corrected chi connectivity index (χ3v) is 3.94. The van der Waals surface area contributed by atoms with Crippen molar-refractivity contribution >= 4 is 23.2 Å². The maximum Gasteiger partial charge on any atom is 0.417 e. The van der Waals surface area contributed by atoms with Crippen LogP contribution in [0.4, 0.5) is 18.9 Å². The number of ether oxygens (including phenoxy) is 1. The number of hydrogen-bond acceptors (Lipinski definition) is 3. The molecule has 0 unspecified atom stereocenters. The highest BCUT2D eigenvalue weighted by Crippen LogP contribution is 2.38. The summed E-state index contributed by atoms with van der Waals surface area (Å²) >= 11 is 5.99. The lowest BCUT2D eigenvalue weighted by Gasteiger charge is -2.29. The molecule has 0 fully saturated rings. The molecule has 0 spiro atoms. The molecule has 0 radical (unpaired) electrons. The zero-order valence-corrected chi connectivity index (χ0v) is 13.6. The highest BCUT2D eigenvalue weighted by atomic mass is 35.5. The summed E-state index contributed by atoms with van der Waals surface area (Å²) in [6.07, 6.45) is -2.22. The number of fused-ring (bicyclic) bond motifs is 1. The zero-order chi connectivity index (χ0) is 18.2. The van der Waals surface area contributed by atoms with E-state index < -0.39 is 11.7 Å². The number of hydrogen-bond donors (Lipinski definition) is 0. The van der Waals surface area contributed by atoms with Crippen LogP contribution >= 0.6 is 11.6 Å². The van der Waals surface area contributed by atoms with E-state index in [-0.39, 0.29) is 29.8 Å². The number of anilines is 1. The van der Waals surface area contributed by atoms with Gasteiger partial charge in [-0.2, -0.15) is 13.2 Å². The molecule has 0 atom stereocenters. The lowest BCUT2D eigenvalue weighted by molar-refractivity contribution is -0.137. The van der Waals surface area contributed by atoms with Crippen molar-refractivity contribution < 1.29 is 22.7 Å². The van der Waals surface area contributed by atoms with E-state index in [1.54, 1.807) is 24.3 Å². The first-order chi connectivity index (χ1) is 11.8. The van der Waals surface area contributed by atoms with E-state index in [0.29, 0.717) is 17.0 Å². The summed E-state index contributed by atoms with van der Waals surface area (Å²) in [5.41, 5.74) is 0.233. The summed E-state index contributed by atoms with van der Waals surface area (Å²) in [6.45, 7) is 3.82. The largest absolute Gasteiger partial charge is 0.482 e. The van der Waals surface area contributed by atoms with Crippen LogP contribution in [0.1, 0.15) is 5.56 Å². The van der Waals surface area contributed by atoms with Gasteiger partial charge in [0.15, 0.2) is 6.61 Å². The standard InChI is InChI=1S/C17H12ClF3N2O2/c1-2-5-23-13-6-10(3-4-14(13)25-9-15(23)24)16-12(18)7-11(8-22-16)17(19,20)21/h2-4,6-8H,1,5,9H2. The molecule has 1 aliphatic heterocycles. The lowest BCUT2D eigenvalue weighted by atomic mass is 10.1. The zero-order valence-electron chi connectivity index (χ0n) is 12.8. The van der Waals surface area contributed by atoms with Gasteiger partial charge >= 0.3 is 6.18 Å². The topological polar surface area (TPSA) is 42.4 Å². The van der Waals surface area contributed by atoms with Gasteiger partial charge < -0.3 is 9.64 Å². The fourth-order valence-corrected chi connectivity index (χ4v) is 2.76. The minimum absolute atomic E-state index is 0.0839. The molecular weight excluding hydrogens is 357 g/mol. The molecule has 0 saturated carbocycles. The van der Waals surface area contributed by atoms with E-state index >= 15 is 0 Å². The van der Waals surface area contributed by atoms with Crippen molar-refractivity contribution in [3.63, 3.8) is 0 Å². The Morgan fingerprint density at radius 3 is 2.76 bits per heavy atom. The lowest BCUT2D eigenvalue weighted by Crippen LogP contribution is -2.38. The maximum atomic E-state index is 12.7. The second-order valence-corrected chi connectivity index (χ2v) is 5.72. The molecular formula is C17H12ClF3N2O2. The van der Waals surface area contributed by atoms with Crippen LogP contribution in [0.25, 0.3) is 11.3 Å². The van der Waals surface area contributed by atoms with Crippen molar-refractivity contribution in [2.75, 3.05) is 18.1 Å². The van der Waals surface area contributed by atoms with Gasteiger partial charge in [0, 0.05) is 18.3 Å². The van der Waals surface area contributed by atoms with Gasteiger partial charge in [0.2, 0.25) is 0 Å². The number of carbonyl (C=O) groups is 1. The van der Waals surface area contributed by atoms with Crippen LogP contribution in [0, 0.1) is 0 Å². The minimum Gasteiger partial charge on any atom is -0.482 e. The van der Waals surface area contributed by atoms with E-state index in [9.17, 15) is 18.0 Å². The summed E-state index contributed by atoms with van der Waals surface area (Å²) in [6, 6.07) is 5.69. The van der Waals surface area contributed by atoms with Crippen LogP contribution < -0.4 is 9.64 Å². The van der Waals surface area contributed by atoms with Crippen molar-refractivity contribution in [2.24, 2.45) is 0 Å². The van der Waals surface area contributed by atoms with Crippen LogP contribution in [0.2, 0.25) is 5.02 Å². The van der Waals surface area contributed by atoms with Gasteiger partial charge in [0.1, 0.15) is 5.75 Å². The van der Waals surface area contributed by atoms with E-state index in [0.717, 1.165) is 12.3 Å². The Labute approximate surface area is 146 Å². The average Bonchev–Trinajstić information content (AvgIpc) is 2.56. The molecule has 130 valence electrons. The van der Waals surface area contributed by atoms with Gasteiger partial charge in [-0.1, -0.05) is 17.7 Å². The number of halogens is 4. The molecule has 1 aromatic heterocycles. The number of alkyl halides is 3. The number of amides is 1. The third kappa shape index (κ3) is 3.32. The van der Waals surface area contributed by atoms with Crippen molar-refractivity contribution in [1.29, 1.82) is 0 Å². The van der Waals surface area contributed by atoms with E-state index in [4.69, 9.17) is 16.3 Å². The Morgan fingerprint density at radius 2 is 2.12 bits per heavy atom. The van der Waals surface area contributed by atoms with E-state index in [1.807, 2.05) is 0 Å². The highest BCUT2D eigenvalue weighted by Gasteiger charge is 2.32. The molecule has 3 rings (SSSR count). The first kappa shape index (κ1) is 17.3. The molecule has 2 heterocycles. The summed E-state index contributed by atoms with van der Waals surface area (Å²) in [7, 11) is 0. The first-order valence-electron chi connectivity index (χ1n) is 7.22. The number of benzene rings is 1. The normalized spacial score (nSPS) is 14.1. The monoisotopic (exact) mass is 368 g/mol. The van der Waals surface area contributed by atoms with E-state index in [1.165, 1.54) is 4.90 Å². The molecule has 0 aliphatic carbocycles. The van der Waals surface area contributed by atoms with Crippen molar-refractivity contribution in [2.45, 2.75) is 6.18 Å². The maximum absolute atomic E-state index is 12.7. The first-order valence-corrected chi connectivity index (χ1v) is 7.60. The van der Waals surface area contributed by atoms with Crippen molar-refractivity contribution in [3.8, 4) is 17.0 Å². The van der Waals surface area contributed by atoms with E-state index in [2.05, 4.69) is 11.6 Å². The van der Waals surface area contributed by atoms with Gasteiger partial charge in [0.25, 0.3) is 5.91 Å². The molecule has 1 amide bonds. The van der Waals surface area contributed by atoms with Gasteiger partial charge in [-0.05, 0) is 24.3 Å². The Kier molecular flexibility index (Phi) is 4.43. The Hall–Kier alpha value is -2.54. The molecule has 4 nitrogen and oxygen atoms in total. The van der Waals surface area contributed by atoms with Gasteiger partial charge in [-0.3, -0.25) is 9.78 Å². The molecule has 0 N–H and O–H groups in total. The quantitative estimate of drug-likeness (QED) is 0.757. The third-order valence-electron chi connectivity index (χ3n) is 3.66. The van der Waals surface area contributed by atoms with Crippen LogP contribution in [-0.4, -0.2) is 24.0 Å². The van der Waals surface area contributed by atoms with Crippen molar-refractivity contribution in [1.82, 2.24) is 4.98 Å². The average molecular weight is 369 g/mol. The highest BCUT2D eigenvalue weighted by molar-refractivity contribution is 6.33. The van der Waals surface area contributed by atoms with Crippen LogP contribution in [0.15, 0.2) is 43.1 Å². The number of carbonyl (C=O) groups excluding carboxylic acids is 1. The molecule has 1 aromatic carbocycles. The fraction of sp³-hybridized carbons (Fsp3) is 0.176. The molecule has 0 saturated heterocycles. The summed E-state index contributed by atoms with van der Waals surface area (Å²) < 4.78 is 43.6. The number of nitrogens with zero attached hydrogens (tertiary/aromatic N) is 2. The summed E-state index contributed by atoms with van der Waals surface area (Å²) in [5, 5.41) is -0.131. The van der Waals surface area contributed by atoms with Crippen molar-refractivity contribution in [3.05, 3.63) is 53.7 Å². The molecule has 1 aliphatic rings. The van der Waals surface area contributed by atoms with Crippen LogP contribution in [0.3, 0.4) is 0 Å². The second kappa shape index (κ2) is 6.40. The predicted octanol–water partition coefficient (Wildman–Crippen LogP) is 4.33.